The first-order chi connectivity index (χ1) is 7.52. The molecule has 0 aromatic carbocycles. The van der Waals surface area contributed by atoms with Crippen molar-refractivity contribution in [2.45, 2.75) is 5.66 Å². The van der Waals surface area contributed by atoms with Crippen LogP contribution in [-0.4, -0.2) is 10.9 Å². The predicted molar refractivity (Wildman–Crippen MR) is 66.5 cm³/mol. The van der Waals surface area contributed by atoms with E-state index in [4.69, 9.17) is 23.1 Å². The van der Waals surface area contributed by atoms with Crippen LogP contribution < -0.4 is 16.8 Å². The van der Waals surface area contributed by atoms with Crippen molar-refractivity contribution < 1.29 is 0 Å². The molecule has 2 rings (SSSR count). The molecule has 0 fully saturated rings. The normalized spacial score (nSPS) is 24.4. The number of nitrogens with two attached hydrogens (primary N) is 2. The van der Waals surface area contributed by atoms with Crippen LogP contribution in [0.4, 0.5) is 0 Å². The highest BCUT2D eigenvalue weighted by molar-refractivity contribution is 9.10. The van der Waals surface area contributed by atoms with Gasteiger partial charge in [-0.25, -0.2) is 9.98 Å². The van der Waals surface area contributed by atoms with Crippen LogP contribution in [0.1, 0.15) is 5.69 Å². The molecule has 0 saturated carbocycles. The van der Waals surface area contributed by atoms with Gasteiger partial charge in [-0.15, -0.1) is 0 Å². The Kier molecular flexibility index (Phi) is 2.88. The van der Waals surface area contributed by atoms with Gasteiger partial charge in [0, 0.05) is 6.20 Å². The Morgan fingerprint density at radius 1 is 1.44 bits per heavy atom. The molecule has 0 saturated heterocycles. The van der Waals surface area contributed by atoms with Gasteiger partial charge in [0.05, 0.1) is 10.7 Å². The first kappa shape index (κ1) is 11.4. The first-order valence-electron chi connectivity index (χ1n) is 4.42. The van der Waals surface area contributed by atoms with E-state index >= 15 is 0 Å². The topological polar surface area (TPSA) is 89.3 Å². The maximum atomic E-state index is 6.09. The van der Waals surface area contributed by atoms with Gasteiger partial charge in [0.1, 0.15) is 4.60 Å². The van der Waals surface area contributed by atoms with Crippen LogP contribution in [0.3, 0.4) is 0 Å². The summed E-state index contributed by atoms with van der Waals surface area (Å²) in [5, 5.41) is 3.01. The fourth-order valence-electron chi connectivity index (χ4n) is 1.32. The molecule has 1 aliphatic heterocycles. The molecule has 5 nitrogen and oxygen atoms in total. The molecule has 1 aromatic rings. The third kappa shape index (κ3) is 1.91. The van der Waals surface area contributed by atoms with Gasteiger partial charge in [-0.3, -0.25) is 5.73 Å². The summed E-state index contributed by atoms with van der Waals surface area (Å²) in [6.07, 6.45) is 1.51. The van der Waals surface area contributed by atoms with E-state index < -0.39 is 5.66 Å². The Morgan fingerprint density at radius 3 is 2.88 bits per heavy atom. The summed E-state index contributed by atoms with van der Waals surface area (Å²) < 4.78 is 0.659. The average molecular weight is 303 g/mol. The number of hydrogen-bond donors (Lipinski definition) is 3. The van der Waals surface area contributed by atoms with Crippen molar-refractivity contribution in [1.29, 1.82) is 0 Å². The molecular weight excluding hydrogens is 293 g/mol. The second-order valence-corrected chi connectivity index (χ2v) is 4.47. The minimum atomic E-state index is -1.22. The Hall–Kier alpha value is -1.11. The van der Waals surface area contributed by atoms with Gasteiger partial charge in [-0.2, -0.15) is 0 Å². The van der Waals surface area contributed by atoms with E-state index in [-0.39, 0.29) is 5.96 Å². The molecule has 0 radical (unpaired) electrons. The molecule has 0 amide bonds. The third-order valence-corrected chi connectivity index (χ3v) is 2.95. The molecule has 2 heterocycles. The number of nitrogens with zero attached hydrogens (tertiary/aromatic N) is 2. The van der Waals surface area contributed by atoms with E-state index in [1.165, 1.54) is 6.20 Å². The second-order valence-electron chi connectivity index (χ2n) is 3.25. The van der Waals surface area contributed by atoms with Crippen molar-refractivity contribution >= 4 is 33.5 Å². The summed E-state index contributed by atoms with van der Waals surface area (Å²) in [5.74, 6) is 0.202. The van der Waals surface area contributed by atoms with E-state index in [1.807, 2.05) is 0 Å². The van der Waals surface area contributed by atoms with Gasteiger partial charge in [0.2, 0.25) is 0 Å². The fraction of sp³-hybridized carbons (Fsp3) is 0.111. The molecule has 84 valence electrons. The SMILES string of the molecule is NC1=NC(N)(c2cccc(Br)n2)C(Cl)=CN1. The van der Waals surface area contributed by atoms with Gasteiger partial charge in [-0.05, 0) is 28.1 Å². The predicted octanol–water partition coefficient (Wildman–Crippen LogP) is 0.954. The van der Waals surface area contributed by atoms with E-state index in [0.29, 0.717) is 15.3 Å². The zero-order valence-electron chi connectivity index (χ0n) is 8.11. The monoisotopic (exact) mass is 301 g/mol. The molecule has 1 unspecified atom stereocenters. The van der Waals surface area contributed by atoms with Gasteiger partial charge in [-0.1, -0.05) is 17.7 Å². The lowest BCUT2D eigenvalue weighted by Crippen LogP contribution is -2.45. The van der Waals surface area contributed by atoms with Crippen LogP contribution in [0.5, 0.6) is 0 Å². The van der Waals surface area contributed by atoms with Crippen LogP contribution in [-0.2, 0) is 5.66 Å². The van der Waals surface area contributed by atoms with Crippen molar-refractivity contribution in [3.8, 4) is 0 Å². The summed E-state index contributed by atoms with van der Waals surface area (Å²) in [5.41, 5.74) is 11.0. The van der Waals surface area contributed by atoms with Crippen molar-refractivity contribution in [3.63, 3.8) is 0 Å². The summed E-state index contributed by atoms with van der Waals surface area (Å²) in [4.78, 5) is 8.31. The van der Waals surface area contributed by atoms with Gasteiger partial charge in [0.15, 0.2) is 11.6 Å². The molecule has 16 heavy (non-hydrogen) atoms. The Morgan fingerprint density at radius 2 is 2.19 bits per heavy atom. The maximum absolute atomic E-state index is 6.09. The lowest BCUT2D eigenvalue weighted by molar-refractivity contribution is 0.548. The zero-order chi connectivity index (χ0) is 11.8. The van der Waals surface area contributed by atoms with E-state index in [0.717, 1.165) is 0 Å². The van der Waals surface area contributed by atoms with E-state index in [1.54, 1.807) is 18.2 Å². The van der Waals surface area contributed by atoms with Gasteiger partial charge >= 0.3 is 0 Å². The van der Waals surface area contributed by atoms with E-state index in [2.05, 4.69) is 31.2 Å². The highest BCUT2D eigenvalue weighted by Crippen LogP contribution is 2.31. The van der Waals surface area contributed by atoms with E-state index in [9.17, 15) is 0 Å². The van der Waals surface area contributed by atoms with Crippen LogP contribution in [0.15, 0.2) is 39.0 Å². The van der Waals surface area contributed by atoms with Crippen molar-refractivity contribution in [2.75, 3.05) is 0 Å². The lowest BCUT2D eigenvalue weighted by Gasteiger charge is -2.27. The average Bonchev–Trinajstić information content (AvgIpc) is 2.24. The number of guanidine groups is 1. The second kappa shape index (κ2) is 4.04. The molecule has 1 aliphatic rings. The Bertz CT molecular complexity index is 487. The number of halogens is 2. The number of aliphatic imine (C=N–C) groups is 1. The molecule has 5 N–H and O–H groups in total. The number of hydrogen-bond acceptors (Lipinski definition) is 5. The summed E-state index contributed by atoms with van der Waals surface area (Å²) >= 11 is 9.30. The lowest BCUT2D eigenvalue weighted by atomic mass is 10.1. The van der Waals surface area contributed by atoms with Crippen molar-refractivity contribution in [3.05, 3.63) is 39.7 Å². The van der Waals surface area contributed by atoms with Crippen LogP contribution >= 0.6 is 27.5 Å². The van der Waals surface area contributed by atoms with Crippen LogP contribution in [0.2, 0.25) is 0 Å². The molecule has 0 bridgehead atoms. The minimum absolute atomic E-state index is 0.202. The Labute approximate surface area is 106 Å². The number of nitrogens with one attached hydrogen (secondary N) is 1. The largest absolute Gasteiger partial charge is 0.370 e. The number of aromatic nitrogens is 1. The molecule has 1 atom stereocenters. The first-order valence-corrected chi connectivity index (χ1v) is 5.59. The standard InChI is InChI=1S/C9H9BrClN5/c10-7-3-1-2-6(15-7)9(13)5(11)4-14-8(12)16-9/h1-4H,13H2,(H3,12,14,16). The molecule has 1 aromatic heterocycles. The zero-order valence-corrected chi connectivity index (χ0v) is 10.5. The molecule has 7 heteroatoms. The number of rotatable bonds is 1. The summed E-state index contributed by atoms with van der Waals surface area (Å²) in [6.45, 7) is 0. The fourth-order valence-corrected chi connectivity index (χ4v) is 1.86. The quantitative estimate of drug-likeness (QED) is 0.674. The van der Waals surface area contributed by atoms with Crippen LogP contribution in [0.25, 0.3) is 0 Å². The molecular formula is C9H9BrClN5. The van der Waals surface area contributed by atoms with Crippen molar-refractivity contribution in [2.24, 2.45) is 16.5 Å². The highest BCUT2D eigenvalue weighted by atomic mass is 79.9. The minimum Gasteiger partial charge on any atom is -0.370 e. The van der Waals surface area contributed by atoms with Gasteiger partial charge < -0.3 is 11.1 Å². The van der Waals surface area contributed by atoms with Crippen molar-refractivity contribution in [1.82, 2.24) is 10.3 Å². The summed E-state index contributed by atoms with van der Waals surface area (Å²) in [7, 11) is 0. The maximum Gasteiger partial charge on any atom is 0.195 e. The van der Waals surface area contributed by atoms with Crippen LogP contribution in [0, 0.1) is 0 Å². The molecule has 0 aliphatic carbocycles. The number of pyridine rings is 1. The molecule has 0 spiro atoms. The van der Waals surface area contributed by atoms with Gasteiger partial charge in [0.25, 0.3) is 0 Å². The summed E-state index contributed by atoms with van der Waals surface area (Å²) in [6, 6.07) is 5.33. The highest BCUT2D eigenvalue weighted by Gasteiger charge is 2.35. The third-order valence-electron chi connectivity index (χ3n) is 2.11. The Balaban J connectivity index is 2.52. The smallest absolute Gasteiger partial charge is 0.195 e.